The molecule has 0 spiro atoms. The van der Waals surface area contributed by atoms with E-state index in [9.17, 15) is 23.7 Å². The molecule has 0 aliphatic heterocycles. The SMILES string of the molecule is CCCOC(=O)C(F)(F)[N+](=O)[O-]. The molecule has 0 radical (unpaired) electrons. The predicted molar refractivity (Wildman–Crippen MR) is 33.2 cm³/mol. The van der Waals surface area contributed by atoms with Crippen molar-refractivity contribution in [3.05, 3.63) is 10.1 Å². The highest BCUT2D eigenvalue weighted by Gasteiger charge is 2.55. The van der Waals surface area contributed by atoms with E-state index in [0.717, 1.165) is 0 Å². The zero-order valence-corrected chi connectivity index (χ0v) is 6.25. The molecule has 0 saturated carbocycles. The minimum absolute atomic E-state index is 0.248. The standard InChI is InChI=1S/C5H7F2NO4/c1-2-3-12-4(9)5(6,7)8(10)11/h2-3H2,1H3. The van der Waals surface area contributed by atoms with Gasteiger partial charge in [-0.2, -0.15) is 0 Å². The van der Waals surface area contributed by atoms with Gasteiger partial charge in [-0.1, -0.05) is 6.92 Å². The molecule has 0 aromatic carbocycles. The number of ether oxygens (including phenoxy) is 1. The Morgan fingerprint density at radius 3 is 2.50 bits per heavy atom. The second-order valence-corrected chi connectivity index (χ2v) is 1.93. The molecule has 70 valence electrons. The van der Waals surface area contributed by atoms with Gasteiger partial charge in [-0.3, -0.25) is 10.1 Å². The lowest BCUT2D eigenvalue weighted by molar-refractivity contribution is -0.625. The van der Waals surface area contributed by atoms with E-state index in [1.165, 1.54) is 0 Å². The van der Waals surface area contributed by atoms with Crippen LogP contribution in [0.25, 0.3) is 0 Å². The number of rotatable bonds is 4. The van der Waals surface area contributed by atoms with Gasteiger partial charge in [0.25, 0.3) is 0 Å². The Morgan fingerprint density at radius 2 is 2.17 bits per heavy atom. The van der Waals surface area contributed by atoms with E-state index in [4.69, 9.17) is 0 Å². The third kappa shape index (κ3) is 2.40. The molecule has 0 heterocycles. The molecule has 0 saturated heterocycles. The monoisotopic (exact) mass is 183 g/mol. The van der Waals surface area contributed by atoms with Crippen LogP contribution in [0, 0.1) is 10.1 Å². The van der Waals surface area contributed by atoms with Crippen molar-refractivity contribution in [2.45, 2.75) is 19.4 Å². The van der Waals surface area contributed by atoms with Crippen LogP contribution >= 0.6 is 0 Å². The first kappa shape index (κ1) is 10.7. The first-order chi connectivity index (χ1) is 5.42. The zero-order chi connectivity index (χ0) is 9.78. The number of carbonyl (C=O) groups excluding carboxylic acids is 1. The van der Waals surface area contributed by atoms with Gasteiger partial charge in [-0.25, -0.2) is 4.79 Å². The molecule has 0 fully saturated rings. The Hall–Kier alpha value is -1.27. The molecular formula is C5H7F2NO4. The number of halogens is 2. The third-order valence-corrected chi connectivity index (χ3v) is 0.912. The number of hydrogen-bond acceptors (Lipinski definition) is 4. The highest BCUT2D eigenvalue weighted by Crippen LogP contribution is 2.15. The molecule has 5 nitrogen and oxygen atoms in total. The second-order valence-electron chi connectivity index (χ2n) is 1.93. The van der Waals surface area contributed by atoms with E-state index in [1.54, 1.807) is 6.92 Å². The van der Waals surface area contributed by atoms with E-state index in [0.29, 0.717) is 6.42 Å². The molecule has 0 rings (SSSR count). The largest absolute Gasteiger partial charge is 0.613 e. The van der Waals surface area contributed by atoms with Crippen molar-refractivity contribution >= 4 is 5.97 Å². The van der Waals surface area contributed by atoms with Gasteiger partial charge >= 0.3 is 12.0 Å². The lowest BCUT2D eigenvalue weighted by Gasteiger charge is -2.05. The molecule has 12 heavy (non-hydrogen) atoms. The third-order valence-electron chi connectivity index (χ3n) is 0.912. The van der Waals surface area contributed by atoms with E-state index in [2.05, 4.69) is 4.74 Å². The molecule has 0 bridgehead atoms. The molecule has 0 unspecified atom stereocenters. The minimum atomic E-state index is -4.63. The highest BCUT2D eigenvalue weighted by molar-refractivity contribution is 5.75. The Balaban J connectivity index is 4.16. The summed E-state index contributed by atoms with van der Waals surface area (Å²) in [5, 5.41) is 9.58. The van der Waals surface area contributed by atoms with Gasteiger partial charge in [0, 0.05) is 0 Å². The van der Waals surface area contributed by atoms with Crippen molar-refractivity contribution in [3.8, 4) is 0 Å². The quantitative estimate of drug-likeness (QED) is 0.280. The zero-order valence-electron chi connectivity index (χ0n) is 6.25. The van der Waals surface area contributed by atoms with Gasteiger partial charge in [0.15, 0.2) is 0 Å². The summed E-state index contributed by atoms with van der Waals surface area (Å²) in [7, 11) is 0. The van der Waals surface area contributed by atoms with Gasteiger partial charge in [0.1, 0.15) is 4.92 Å². The van der Waals surface area contributed by atoms with Crippen LogP contribution in [0.5, 0.6) is 0 Å². The average molecular weight is 183 g/mol. The first-order valence-corrected chi connectivity index (χ1v) is 3.12. The number of hydrogen-bond donors (Lipinski definition) is 0. The van der Waals surface area contributed by atoms with Crippen molar-refractivity contribution in [1.29, 1.82) is 0 Å². The molecule has 0 aliphatic rings. The van der Waals surface area contributed by atoms with E-state index in [1.807, 2.05) is 0 Å². The van der Waals surface area contributed by atoms with Crippen molar-refractivity contribution in [2.24, 2.45) is 0 Å². The second kappa shape index (κ2) is 3.93. The maximum absolute atomic E-state index is 12.1. The first-order valence-electron chi connectivity index (χ1n) is 3.12. The summed E-state index contributed by atoms with van der Waals surface area (Å²) < 4.78 is 28.1. The Bertz CT molecular complexity index is 194. The van der Waals surface area contributed by atoms with Crippen LogP contribution in [0.2, 0.25) is 0 Å². The Morgan fingerprint density at radius 1 is 1.67 bits per heavy atom. The number of esters is 1. The van der Waals surface area contributed by atoms with Crippen LogP contribution in [0.1, 0.15) is 13.3 Å². The Kier molecular flexibility index (Phi) is 3.52. The van der Waals surface area contributed by atoms with Crippen molar-refractivity contribution in [1.82, 2.24) is 0 Å². The molecule has 0 aromatic heterocycles. The van der Waals surface area contributed by atoms with Gasteiger partial charge in [-0.05, 0) is 6.42 Å². The predicted octanol–water partition coefficient (Wildman–Crippen LogP) is 0.809. The molecule has 0 aliphatic carbocycles. The Labute approximate surface area is 66.5 Å². The van der Waals surface area contributed by atoms with Crippen molar-refractivity contribution in [2.75, 3.05) is 6.61 Å². The van der Waals surface area contributed by atoms with Gasteiger partial charge < -0.3 is 4.74 Å². The summed E-state index contributed by atoms with van der Waals surface area (Å²) in [5.41, 5.74) is 0. The maximum atomic E-state index is 12.1. The van der Waals surface area contributed by atoms with Gasteiger partial charge in [0.2, 0.25) is 0 Å². The maximum Gasteiger partial charge on any atom is 0.613 e. The summed E-state index contributed by atoms with van der Waals surface area (Å²) in [6.07, 6.45) is 0.333. The van der Waals surface area contributed by atoms with Crippen LogP contribution in [-0.4, -0.2) is 23.5 Å². The number of nitrogens with zero attached hydrogens (tertiary/aromatic N) is 1. The molecule has 0 amide bonds. The van der Waals surface area contributed by atoms with E-state index < -0.39 is 16.9 Å². The summed E-state index contributed by atoms with van der Waals surface area (Å²) in [6, 6.07) is -4.63. The van der Waals surface area contributed by atoms with Gasteiger partial charge in [-0.15, -0.1) is 8.78 Å². The summed E-state index contributed by atoms with van der Waals surface area (Å²) in [4.78, 5) is 17.9. The molecule has 0 atom stereocenters. The van der Waals surface area contributed by atoms with Crippen LogP contribution in [0.15, 0.2) is 0 Å². The average Bonchev–Trinajstić information content (AvgIpc) is 1.99. The molecule has 0 N–H and O–H groups in total. The summed E-state index contributed by atoms with van der Waals surface area (Å²) in [6.45, 7) is 1.33. The fourth-order valence-corrected chi connectivity index (χ4v) is 0.356. The molecule has 7 heteroatoms. The van der Waals surface area contributed by atoms with Crippen LogP contribution in [0.3, 0.4) is 0 Å². The lowest BCUT2D eigenvalue weighted by Crippen LogP contribution is -2.38. The number of alkyl halides is 2. The topological polar surface area (TPSA) is 69.4 Å². The van der Waals surface area contributed by atoms with Crippen LogP contribution in [-0.2, 0) is 9.53 Å². The van der Waals surface area contributed by atoms with Crippen LogP contribution < -0.4 is 0 Å². The smallest absolute Gasteiger partial charge is 0.456 e. The lowest BCUT2D eigenvalue weighted by atomic mass is 10.5. The van der Waals surface area contributed by atoms with E-state index in [-0.39, 0.29) is 6.61 Å². The molecular weight excluding hydrogens is 176 g/mol. The van der Waals surface area contributed by atoms with Crippen LogP contribution in [0.4, 0.5) is 8.78 Å². The molecule has 0 aromatic rings. The van der Waals surface area contributed by atoms with E-state index >= 15 is 0 Å². The minimum Gasteiger partial charge on any atom is -0.456 e. The normalized spacial score (nSPS) is 10.9. The fourth-order valence-electron chi connectivity index (χ4n) is 0.356. The van der Waals surface area contributed by atoms with Crippen molar-refractivity contribution < 1.29 is 23.2 Å². The number of carbonyl (C=O) groups is 1. The summed E-state index contributed by atoms with van der Waals surface area (Å²) in [5.74, 6) is -2.12. The number of nitro groups is 1. The van der Waals surface area contributed by atoms with Crippen molar-refractivity contribution in [3.63, 3.8) is 0 Å². The fraction of sp³-hybridized carbons (Fsp3) is 0.800. The van der Waals surface area contributed by atoms with Gasteiger partial charge in [0.05, 0.1) is 6.61 Å². The summed E-state index contributed by atoms with van der Waals surface area (Å²) >= 11 is 0. The highest BCUT2D eigenvalue weighted by atomic mass is 19.3.